The van der Waals surface area contributed by atoms with Crippen LogP contribution < -0.4 is 16.0 Å². The zero-order valence-electron chi connectivity index (χ0n) is 17.9. The summed E-state index contributed by atoms with van der Waals surface area (Å²) < 4.78 is 10.8. The molecule has 0 spiro atoms. The minimum atomic E-state index is 0.190. The van der Waals surface area contributed by atoms with Crippen molar-refractivity contribution in [3.05, 3.63) is 24.5 Å². The van der Waals surface area contributed by atoms with Crippen LogP contribution in [0.25, 0.3) is 22.4 Å². The van der Waals surface area contributed by atoms with Gasteiger partial charge < -0.3 is 25.4 Å². The van der Waals surface area contributed by atoms with E-state index < -0.39 is 0 Å². The Morgan fingerprint density at radius 1 is 0.906 bits per heavy atom. The van der Waals surface area contributed by atoms with E-state index in [0.717, 1.165) is 63.9 Å². The minimum absolute atomic E-state index is 0.190. The molecule has 11 nitrogen and oxygen atoms in total. The fourth-order valence-electron chi connectivity index (χ4n) is 3.86. The summed E-state index contributed by atoms with van der Waals surface area (Å²) in [5, 5.41) is 3.38. The highest BCUT2D eigenvalue weighted by Gasteiger charge is 2.19. The van der Waals surface area contributed by atoms with Gasteiger partial charge in [0.2, 0.25) is 5.95 Å². The van der Waals surface area contributed by atoms with Gasteiger partial charge in [0.25, 0.3) is 0 Å². The number of rotatable bonds is 6. The summed E-state index contributed by atoms with van der Waals surface area (Å²) in [6.45, 7) is 8.13. The maximum atomic E-state index is 5.91. The zero-order valence-corrected chi connectivity index (χ0v) is 17.9. The number of fused-ring (bicyclic) bond motifs is 1. The van der Waals surface area contributed by atoms with E-state index in [2.05, 4.69) is 35.1 Å². The van der Waals surface area contributed by atoms with Crippen molar-refractivity contribution in [1.82, 2.24) is 29.8 Å². The molecule has 0 atom stereocenters. The molecule has 5 rings (SSSR count). The van der Waals surface area contributed by atoms with Crippen molar-refractivity contribution in [1.29, 1.82) is 0 Å². The van der Waals surface area contributed by atoms with Crippen LogP contribution >= 0.6 is 0 Å². The molecule has 3 N–H and O–H groups in total. The molecule has 3 aromatic heterocycles. The van der Waals surface area contributed by atoms with Crippen molar-refractivity contribution in [2.75, 3.05) is 81.6 Å². The van der Waals surface area contributed by atoms with Gasteiger partial charge in [0.1, 0.15) is 5.82 Å². The Labute approximate surface area is 186 Å². The van der Waals surface area contributed by atoms with Gasteiger partial charge in [0.05, 0.1) is 38.3 Å². The van der Waals surface area contributed by atoms with Gasteiger partial charge in [-0.15, -0.1) is 0 Å². The predicted octanol–water partition coefficient (Wildman–Crippen LogP) is 0.645. The Morgan fingerprint density at radius 3 is 2.44 bits per heavy atom. The molecule has 0 saturated carbocycles. The summed E-state index contributed by atoms with van der Waals surface area (Å²) in [5.74, 6) is 1.72. The number of nitrogens with two attached hydrogens (primary N) is 1. The molecule has 5 heterocycles. The lowest BCUT2D eigenvalue weighted by atomic mass is 10.2. The van der Waals surface area contributed by atoms with Gasteiger partial charge >= 0.3 is 0 Å². The Bertz CT molecular complexity index is 1050. The molecular weight excluding hydrogens is 410 g/mol. The Balaban J connectivity index is 1.32. The van der Waals surface area contributed by atoms with Crippen LogP contribution in [0.15, 0.2) is 24.5 Å². The van der Waals surface area contributed by atoms with Gasteiger partial charge in [-0.3, -0.25) is 4.90 Å². The molecule has 2 aliphatic rings. The number of nitrogen functional groups attached to an aromatic ring is 1. The van der Waals surface area contributed by atoms with Crippen LogP contribution in [0.2, 0.25) is 0 Å². The third-order valence-corrected chi connectivity index (χ3v) is 5.61. The normalized spacial score (nSPS) is 17.6. The van der Waals surface area contributed by atoms with E-state index in [1.807, 2.05) is 12.1 Å². The van der Waals surface area contributed by atoms with Gasteiger partial charge in [-0.05, 0) is 12.1 Å². The first kappa shape index (κ1) is 20.7. The van der Waals surface area contributed by atoms with Crippen LogP contribution in [0.3, 0.4) is 0 Å². The molecule has 0 amide bonds. The molecule has 3 aromatic rings. The lowest BCUT2D eigenvalue weighted by molar-refractivity contribution is 0.0398. The van der Waals surface area contributed by atoms with Gasteiger partial charge in [-0.1, -0.05) is 0 Å². The quantitative estimate of drug-likeness (QED) is 0.564. The summed E-state index contributed by atoms with van der Waals surface area (Å²) >= 11 is 0. The molecule has 2 fully saturated rings. The number of ether oxygens (including phenoxy) is 2. The van der Waals surface area contributed by atoms with Crippen LogP contribution in [0, 0.1) is 0 Å². The second kappa shape index (κ2) is 9.55. The number of pyridine rings is 1. The maximum absolute atomic E-state index is 5.91. The van der Waals surface area contributed by atoms with E-state index >= 15 is 0 Å². The molecule has 168 valence electrons. The second-order valence-corrected chi connectivity index (χ2v) is 7.75. The highest BCUT2D eigenvalue weighted by atomic mass is 16.5. The monoisotopic (exact) mass is 437 g/mol. The third-order valence-electron chi connectivity index (χ3n) is 5.61. The van der Waals surface area contributed by atoms with Crippen LogP contribution in [0.1, 0.15) is 0 Å². The van der Waals surface area contributed by atoms with E-state index in [4.69, 9.17) is 20.2 Å². The number of nitrogens with one attached hydrogen (secondary N) is 1. The van der Waals surface area contributed by atoms with Crippen LogP contribution in [0.5, 0.6) is 0 Å². The number of anilines is 3. The van der Waals surface area contributed by atoms with E-state index in [9.17, 15) is 0 Å². The summed E-state index contributed by atoms with van der Waals surface area (Å²) in [6.07, 6.45) is 3.50. The van der Waals surface area contributed by atoms with E-state index in [0.29, 0.717) is 35.9 Å². The minimum Gasteiger partial charge on any atom is -0.379 e. The largest absolute Gasteiger partial charge is 0.379 e. The SMILES string of the molecule is Nc1nc(N2CCOCC2)c2nc(-c3ccc(NCCN4CCOCC4)nc3)cnc2n1. The third kappa shape index (κ3) is 4.69. The average molecular weight is 438 g/mol. The number of aromatic nitrogens is 5. The van der Waals surface area contributed by atoms with E-state index in [1.54, 1.807) is 12.4 Å². The van der Waals surface area contributed by atoms with Gasteiger partial charge in [-0.25, -0.2) is 15.0 Å². The predicted molar refractivity (Wildman–Crippen MR) is 122 cm³/mol. The fourth-order valence-corrected chi connectivity index (χ4v) is 3.86. The van der Waals surface area contributed by atoms with E-state index in [1.165, 1.54) is 0 Å². The summed E-state index contributed by atoms with van der Waals surface area (Å²) in [6, 6.07) is 3.95. The average Bonchev–Trinajstić information content (AvgIpc) is 2.85. The topological polar surface area (TPSA) is 127 Å². The summed E-state index contributed by atoms with van der Waals surface area (Å²) in [4.78, 5) is 27.0. The van der Waals surface area contributed by atoms with Gasteiger partial charge in [0.15, 0.2) is 17.0 Å². The molecule has 32 heavy (non-hydrogen) atoms. The molecule has 2 saturated heterocycles. The number of hydrogen-bond donors (Lipinski definition) is 2. The van der Waals surface area contributed by atoms with Crippen LogP contribution in [-0.2, 0) is 9.47 Å². The summed E-state index contributed by atoms with van der Waals surface area (Å²) in [7, 11) is 0. The number of morpholine rings is 2. The molecule has 2 aliphatic heterocycles. The van der Waals surface area contributed by atoms with Crippen molar-refractivity contribution in [2.45, 2.75) is 0 Å². The first-order valence-electron chi connectivity index (χ1n) is 10.9. The number of hydrogen-bond acceptors (Lipinski definition) is 11. The fraction of sp³-hybridized carbons (Fsp3) is 0.476. The molecule has 0 aliphatic carbocycles. The molecule has 11 heteroatoms. The Morgan fingerprint density at radius 2 is 1.69 bits per heavy atom. The summed E-state index contributed by atoms with van der Waals surface area (Å²) in [5.41, 5.74) is 8.62. The van der Waals surface area contributed by atoms with Crippen LogP contribution in [0.4, 0.5) is 17.6 Å². The van der Waals surface area contributed by atoms with Crippen molar-refractivity contribution in [3.8, 4) is 11.3 Å². The molecule has 0 aromatic carbocycles. The lowest BCUT2D eigenvalue weighted by Crippen LogP contribution is -2.39. The second-order valence-electron chi connectivity index (χ2n) is 7.75. The van der Waals surface area contributed by atoms with Crippen molar-refractivity contribution < 1.29 is 9.47 Å². The molecule has 0 radical (unpaired) electrons. The molecule has 0 unspecified atom stereocenters. The van der Waals surface area contributed by atoms with Gasteiger partial charge in [0, 0.05) is 51.0 Å². The van der Waals surface area contributed by atoms with Crippen molar-refractivity contribution >= 4 is 28.7 Å². The molecular formula is C21H27N9O2. The zero-order chi connectivity index (χ0) is 21.8. The smallest absolute Gasteiger partial charge is 0.224 e. The van der Waals surface area contributed by atoms with Crippen molar-refractivity contribution in [2.24, 2.45) is 0 Å². The first-order valence-corrected chi connectivity index (χ1v) is 10.9. The standard InChI is InChI=1S/C21H27N9O2/c22-21-27-19-18(20(28-21)30-7-11-32-12-8-30)26-16(14-25-19)15-1-2-17(24-13-15)23-3-4-29-5-9-31-10-6-29/h1-2,13-14H,3-12H2,(H,23,24)(H2,22,25,27,28). The maximum Gasteiger partial charge on any atom is 0.224 e. The Kier molecular flexibility index (Phi) is 6.19. The Hall–Kier alpha value is -3.15. The highest BCUT2D eigenvalue weighted by molar-refractivity contribution is 5.85. The van der Waals surface area contributed by atoms with E-state index in [-0.39, 0.29) is 5.95 Å². The highest BCUT2D eigenvalue weighted by Crippen LogP contribution is 2.26. The molecule has 0 bridgehead atoms. The lowest BCUT2D eigenvalue weighted by Gasteiger charge is -2.28. The van der Waals surface area contributed by atoms with Crippen molar-refractivity contribution in [3.63, 3.8) is 0 Å². The first-order chi connectivity index (χ1) is 15.8. The van der Waals surface area contributed by atoms with Crippen LogP contribution in [-0.4, -0.2) is 95.5 Å². The van der Waals surface area contributed by atoms with Gasteiger partial charge in [-0.2, -0.15) is 9.97 Å². The number of nitrogens with zero attached hydrogens (tertiary/aromatic N) is 7.